The van der Waals surface area contributed by atoms with Crippen LogP contribution in [0.1, 0.15) is 11.6 Å². The Labute approximate surface area is 79.4 Å². The summed E-state index contributed by atoms with van der Waals surface area (Å²) in [5, 5.41) is 0. The Morgan fingerprint density at radius 1 is 1.50 bits per heavy atom. The third kappa shape index (κ3) is 1.50. The van der Waals surface area contributed by atoms with Crippen molar-refractivity contribution in [2.24, 2.45) is 5.73 Å². The third-order valence-electron chi connectivity index (χ3n) is 2.03. The third-order valence-corrected chi connectivity index (χ3v) is 2.03. The summed E-state index contributed by atoms with van der Waals surface area (Å²) < 4.78 is 33.4. The van der Waals surface area contributed by atoms with Crippen molar-refractivity contribution in [2.45, 2.75) is 12.7 Å². The Hall–Kier alpha value is -1.36. The summed E-state index contributed by atoms with van der Waals surface area (Å²) in [6.45, 7) is -2.54. The van der Waals surface area contributed by atoms with Gasteiger partial charge in [-0.05, 0) is 6.07 Å². The van der Waals surface area contributed by atoms with Crippen LogP contribution in [0.15, 0.2) is 18.2 Å². The first-order valence-corrected chi connectivity index (χ1v) is 4.14. The number of alkyl halides is 2. The van der Waals surface area contributed by atoms with E-state index < -0.39 is 6.61 Å². The van der Waals surface area contributed by atoms with Crippen LogP contribution in [-0.2, 0) is 0 Å². The van der Waals surface area contributed by atoms with Crippen LogP contribution in [0.4, 0.5) is 8.78 Å². The second-order valence-electron chi connectivity index (χ2n) is 2.97. The monoisotopic (exact) mass is 201 g/mol. The molecule has 0 saturated heterocycles. The second-order valence-corrected chi connectivity index (χ2v) is 2.97. The normalized spacial score (nSPS) is 19.3. The molecule has 76 valence electrons. The van der Waals surface area contributed by atoms with Crippen LogP contribution in [0.5, 0.6) is 11.5 Å². The highest BCUT2D eigenvalue weighted by molar-refractivity contribution is 5.50. The second kappa shape index (κ2) is 3.42. The first kappa shape index (κ1) is 9.21. The van der Waals surface area contributed by atoms with Crippen molar-refractivity contribution < 1.29 is 18.3 Å². The molecule has 0 bridgehead atoms. The number of rotatable bonds is 2. The van der Waals surface area contributed by atoms with E-state index >= 15 is 0 Å². The van der Waals surface area contributed by atoms with Gasteiger partial charge in [-0.25, -0.2) is 0 Å². The predicted molar refractivity (Wildman–Crippen MR) is 45.5 cm³/mol. The van der Waals surface area contributed by atoms with E-state index in [4.69, 9.17) is 10.5 Å². The summed E-state index contributed by atoms with van der Waals surface area (Å²) in [6.07, 6.45) is 0. The lowest BCUT2D eigenvalue weighted by atomic mass is 10.1. The molecule has 0 spiro atoms. The topological polar surface area (TPSA) is 44.5 Å². The molecule has 1 aliphatic rings. The van der Waals surface area contributed by atoms with Gasteiger partial charge in [-0.3, -0.25) is 0 Å². The van der Waals surface area contributed by atoms with Crippen LogP contribution >= 0.6 is 0 Å². The van der Waals surface area contributed by atoms with E-state index in [1.807, 2.05) is 0 Å². The van der Waals surface area contributed by atoms with E-state index in [0.717, 1.165) is 0 Å². The summed E-state index contributed by atoms with van der Waals surface area (Å²) in [6, 6.07) is 4.53. The summed E-state index contributed by atoms with van der Waals surface area (Å²) in [5.74, 6) is 0.380. The van der Waals surface area contributed by atoms with Crippen molar-refractivity contribution >= 4 is 0 Å². The molecule has 0 aliphatic carbocycles. The number of hydrogen-bond donors (Lipinski definition) is 1. The van der Waals surface area contributed by atoms with Gasteiger partial charge in [-0.15, -0.1) is 0 Å². The van der Waals surface area contributed by atoms with Gasteiger partial charge in [0.2, 0.25) is 0 Å². The molecule has 1 heterocycles. The average Bonchev–Trinajstić information content (AvgIpc) is 2.49. The number of benzene rings is 1. The molecule has 1 aromatic carbocycles. The predicted octanol–water partition coefficient (Wildman–Crippen LogP) is 1.68. The maximum atomic E-state index is 12.0. The fourth-order valence-electron chi connectivity index (χ4n) is 1.43. The lowest BCUT2D eigenvalue weighted by Gasteiger charge is -2.08. The zero-order chi connectivity index (χ0) is 10.1. The van der Waals surface area contributed by atoms with Crippen LogP contribution < -0.4 is 15.2 Å². The fourth-order valence-corrected chi connectivity index (χ4v) is 1.43. The lowest BCUT2D eigenvalue weighted by molar-refractivity contribution is -0.0512. The molecule has 1 aliphatic heterocycles. The van der Waals surface area contributed by atoms with Crippen LogP contribution in [0.25, 0.3) is 0 Å². The van der Waals surface area contributed by atoms with Gasteiger partial charge in [0, 0.05) is 5.56 Å². The molecule has 3 nitrogen and oxygen atoms in total. The van der Waals surface area contributed by atoms with Crippen LogP contribution in [-0.4, -0.2) is 13.2 Å². The Morgan fingerprint density at radius 3 is 3.00 bits per heavy atom. The van der Waals surface area contributed by atoms with Crippen molar-refractivity contribution in [1.82, 2.24) is 0 Å². The largest absolute Gasteiger partial charge is 0.487 e. The summed E-state index contributed by atoms with van der Waals surface area (Å²) in [4.78, 5) is 0. The minimum Gasteiger partial charge on any atom is -0.487 e. The molecule has 2 N–H and O–H groups in total. The molecular formula is C9H9F2NO2. The van der Waals surface area contributed by atoms with Crippen molar-refractivity contribution in [3.8, 4) is 11.5 Å². The molecule has 0 radical (unpaired) electrons. The molecule has 0 unspecified atom stereocenters. The average molecular weight is 201 g/mol. The van der Waals surface area contributed by atoms with Gasteiger partial charge < -0.3 is 15.2 Å². The Bertz CT molecular complexity index is 344. The lowest BCUT2D eigenvalue weighted by Crippen LogP contribution is -2.10. The van der Waals surface area contributed by atoms with E-state index in [2.05, 4.69) is 4.74 Å². The summed E-state index contributed by atoms with van der Waals surface area (Å²) >= 11 is 0. The number of halogens is 2. The Morgan fingerprint density at radius 2 is 2.29 bits per heavy atom. The van der Waals surface area contributed by atoms with Gasteiger partial charge in [0.05, 0.1) is 6.04 Å². The number of nitrogens with two attached hydrogens (primary N) is 1. The van der Waals surface area contributed by atoms with Gasteiger partial charge >= 0.3 is 6.61 Å². The maximum absolute atomic E-state index is 12.0. The molecule has 5 heteroatoms. The zero-order valence-corrected chi connectivity index (χ0v) is 7.24. The van der Waals surface area contributed by atoms with E-state index in [-0.39, 0.29) is 11.8 Å². The fraction of sp³-hybridized carbons (Fsp3) is 0.333. The molecule has 0 amide bonds. The maximum Gasteiger partial charge on any atom is 0.387 e. The van der Waals surface area contributed by atoms with E-state index in [9.17, 15) is 8.78 Å². The molecular weight excluding hydrogens is 192 g/mol. The van der Waals surface area contributed by atoms with E-state index in [1.165, 1.54) is 6.07 Å². The Balaban J connectivity index is 2.34. The van der Waals surface area contributed by atoms with Crippen molar-refractivity contribution in [3.63, 3.8) is 0 Å². The van der Waals surface area contributed by atoms with Crippen LogP contribution in [0.2, 0.25) is 0 Å². The molecule has 1 atom stereocenters. The molecule has 1 aromatic rings. The first-order chi connectivity index (χ1) is 6.68. The molecule has 0 saturated carbocycles. The van der Waals surface area contributed by atoms with E-state index in [0.29, 0.717) is 17.9 Å². The molecule has 0 aromatic heterocycles. The smallest absolute Gasteiger partial charge is 0.387 e. The molecule has 14 heavy (non-hydrogen) atoms. The van der Waals surface area contributed by atoms with Crippen molar-refractivity contribution in [3.05, 3.63) is 23.8 Å². The summed E-state index contributed by atoms with van der Waals surface area (Å²) in [5.41, 5.74) is 6.39. The van der Waals surface area contributed by atoms with Crippen LogP contribution in [0.3, 0.4) is 0 Å². The molecule has 2 rings (SSSR count). The van der Waals surface area contributed by atoms with Gasteiger partial charge in [0.25, 0.3) is 0 Å². The number of para-hydroxylation sites is 1. The highest BCUT2D eigenvalue weighted by atomic mass is 19.3. The first-order valence-electron chi connectivity index (χ1n) is 4.14. The zero-order valence-electron chi connectivity index (χ0n) is 7.24. The van der Waals surface area contributed by atoms with Gasteiger partial charge in [-0.1, -0.05) is 12.1 Å². The van der Waals surface area contributed by atoms with Gasteiger partial charge in [0.15, 0.2) is 11.5 Å². The SMILES string of the molecule is N[C@H]1COc2c(OC(F)F)cccc21. The van der Waals surface area contributed by atoms with Gasteiger partial charge in [-0.2, -0.15) is 8.78 Å². The quantitative estimate of drug-likeness (QED) is 0.791. The van der Waals surface area contributed by atoms with Crippen molar-refractivity contribution in [1.29, 1.82) is 0 Å². The van der Waals surface area contributed by atoms with Crippen molar-refractivity contribution in [2.75, 3.05) is 6.61 Å². The van der Waals surface area contributed by atoms with Gasteiger partial charge in [0.1, 0.15) is 6.61 Å². The highest BCUT2D eigenvalue weighted by Crippen LogP contribution is 2.39. The van der Waals surface area contributed by atoms with Crippen LogP contribution in [0, 0.1) is 0 Å². The number of fused-ring (bicyclic) bond motifs is 1. The minimum atomic E-state index is -2.85. The summed E-state index contributed by atoms with van der Waals surface area (Å²) in [7, 11) is 0. The number of ether oxygens (including phenoxy) is 2. The highest BCUT2D eigenvalue weighted by Gasteiger charge is 2.24. The Kier molecular flexibility index (Phi) is 2.25. The van der Waals surface area contributed by atoms with E-state index in [1.54, 1.807) is 12.1 Å². The molecule has 0 fully saturated rings. The standard InChI is InChI=1S/C9H9F2NO2/c10-9(11)14-7-3-1-2-5-6(12)4-13-8(5)7/h1-3,6,9H,4,12H2/t6-/m0/s1. The number of hydrogen-bond acceptors (Lipinski definition) is 3. The minimum absolute atomic E-state index is 0.0467.